The van der Waals surface area contributed by atoms with Gasteiger partial charge in [0.05, 0.1) is 12.1 Å². The first-order valence-electron chi connectivity index (χ1n) is 5.59. The number of hydrogen-bond donors (Lipinski definition) is 1. The first-order valence-corrected chi connectivity index (χ1v) is 5.59. The molecule has 4 nitrogen and oxygen atoms in total. The van der Waals surface area contributed by atoms with Crippen LogP contribution in [0.3, 0.4) is 0 Å². The lowest BCUT2D eigenvalue weighted by atomic mass is 9.97. The monoisotopic (exact) mass is 228 g/mol. The minimum atomic E-state index is -0.858. The zero-order valence-corrected chi connectivity index (χ0v) is 9.26. The summed E-state index contributed by atoms with van der Waals surface area (Å²) in [5.74, 6) is 0. The van der Waals surface area contributed by atoms with E-state index in [0.29, 0.717) is 13.1 Å². The normalized spacial score (nSPS) is 14.7. The molecular weight excluding hydrogens is 216 g/mol. The van der Waals surface area contributed by atoms with E-state index in [2.05, 4.69) is 11.1 Å². The molecule has 86 valence electrons. The minimum Gasteiger partial charge on any atom is -0.465 e. The number of rotatable bonds is 0. The number of fused-ring (bicyclic) bond motifs is 3. The van der Waals surface area contributed by atoms with Gasteiger partial charge in [-0.05, 0) is 23.6 Å². The van der Waals surface area contributed by atoms with Gasteiger partial charge >= 0.3 is 6.09 Å². The molecule has 0 aliphatic carbocycles. The van der Waals surface area contributed by atoms with Gasteiger partial charge in [0.2, 0.25) is 0 Å². The van der Waals surface area contributed by atoms with Crippen molar-refractivity contribution in [2.45, 2.75) is 13.0 Å². The Bertz CT molecular complexity index is 595. The Morgan fingerprint density at radius 2 is 2.18 bits per heavy atom. The summed E-state index contributed by atoms with van der Waals surface area (Å²) in [7, 11) is 0. The van der Waals surface area contributed by atoms with E-state index in [-0.39, 0.29) is 0 Å². The van der Waals surface area contributed by atoms with Crippen LogP contribution in [-0.2, 0) is 13.0 Å². The van der Waals surface area contributed by atoms with Crippen LogP contribution in [0.25, 0.3) is 10.9 Å². The Kier molecular flexibility index (Phi) is 2.21. The van der Waals surface area contributed by atoms with Gasteiger partial charge in [-0.15, -0.1) is 0 Å². The van der Waals surface area contributed by atoms with E-state index in [1.165, 1.54) is 10.5 Å². The van der Waals surface area contributed by atoms with Gasteiger partial charge in [0, 0.05) is 18.1 Å². The minimum absolute atomic E-state index is 0.447. The molecule has 3 rings (SSSR count). The number of pyridine rings is 1. The second-order valence-corrected chi connectivity index (χ2v) is 4.23. The summed E-state index contributed by atoms with van der Waals surface area (Å²) in [5.41, 5.74) is 3.25. The van der Waals surface area contributed by atoms with Crippen molar-refractivity contribution in [2.75, 3.05) is 6.54 Å². The summed E-state index contributed by atoms with van der Waals surface area (Å²) in [5, 5.41) is 10.1. The smallest absolute Gasteiger partial charge is 0.407 e. The van der Waals surface area contributed by atoms with E-state index in [0.717, 1.165) is 22.9 Å². The molecule has 1 amide bonds. The predicted molar refractivity (Wildman–Crippen MR) is 63.9 cm³/mol. The molecule has 0 atom stereocenters. The van der Waals surface area contributed by atoms with Crippen LogP contribution in [0.15, 0.2) is 30.5 Å². The maximum atomic E-state index is 10.9. The Labute approximate surface area is 98.5 Å². The van der Waals surface area contributed by atoms with E-state index in [1.807, 2.05) is 18.2 Å². The predicted octanol–water partition coefficient (Wildman–Crippen LogP) is 2.27. The number of carboxylic acid groups (broad SMARTS) is 1. The summed E-state index contributed by atoms with van der Waals surface area (Å²) in [4.78, 5) is 16.7. The van der Waals surface area contributed by atoms with Crippen molar-refractivity contribution < 1.29 is 9.90 Å². The molecule has 4 heteroatoms. The van der Waals surface area contributed by atoms with Crippen LogP contribution in [0, 0.1) is 0 Å². The zero-order chi connectivity index (χ0) is 11.8. The average molecular weight is 228 g/mol. The van der Waals surface area contributed by atoms with Crippen LogP contribution < -0.4 is 0 Å². The third-order valence-electron chi connectivity index (χ3n) is 3.24. The van der Waals surface area contributed by atoms with Crippen LogP contribution in [0.4, 0.5) is 4.79 Å². The van der Waals surface area contributed by atoms with Crippen molar-refractivity contribution in [2.24, 2.45) is 0 Å². The first-order chi connectivity index (χ1) is 8.25. The largest absolute Gasteiger partial charge is 0.465 e. The molecule has 1 aliphatic heterocycles. The summed E-state index contributed by atoms with van der Waals surface area (Å²) in [6.45, 7) is 1.01. The van der Waals surface area contributed by atoms with Crippen molar-refractivity contribution in [3.63, 3.8) is 0 Å². The van der Waals surface area contributed by atoms with Crippen LogP contribution >= 0.6 is 0 Å². The van der Waals surface area contributed by atoms with Gasteiger partial charge in [0.15, 0.2) is 0 Å². The lowest BCUT2D eigenvalue weighted by Crippen LogP contribution is -2.34. The molecule has 0 saturated heterocycles. The number of para-hydroxylation sites is 1. The highest BCUT2D eigenvalue weighted by molar-refractivity contribution is 5.83. The summed E-state index contributed by atoms with van der Waals surface area (Å²) in [6.07, 6.45) is 1.71. The molecule has 0 saturated carbocycles. The first kappa shape index (κ1) is 10.1. The summed E-state index contributed by atoms with van der Waals surface area (Å²) < 4.78 is 0. The number of carbonyl (C=O) groups is 1. The fraction of sp³-hybridized carbons (Fsp3) is 0.231. The molecule has 1 N–H and O–H groups in total. The molecular formula is C13H12N2O2. The number of aromatic nitrogens is 1. The van der Waals surface area contributed by atoms with Gasteiger partial charge in [-0.2, -0.15) is 0 Å². The highest BCUT2D eigenvalue weighted by Gasteiger charge is 2.21. The van der Waals surface area contributed by atoms with E-state index in [4.69, 9.17) is 5.11 Å². The molecule has 1 aromatic heterocycles. The zero-order valence-electron chi connectivity index (χ0n) is 9.26. The summed E-state index contributed by atoms with van der Waals surface area (Å²) in [6, 6.07) is 8.00. The second kappa shape index (κ2) is 3.73. The molecule has 2 heterocycles. The van der Waals surface area contributed by atoms with Gasteiger partial charge in [0.25, 0.3) is 0 Å². The van der Waals surface area contributed by atoms with Crippen LogP contribution in [0.2, 0.25) is 0 Å². The van der Waals surface area contributed by atoms with Crippen molar-refractivity contribution in [1.82, 2.24) is 9.88 Å². The third-order valence-corrected chi connectivity index (χ3v) is 3.24. The third kappa shape index (κ3) is 1.62. The van der Waals surface area contributed by atoms with Gasteiger partial charge in [-0.3, -0.25) is 4.98 Å². The molecule has 2 aromatic rings. The summed E-state index contributed by atoms with van der Waals surface area (Å²) >= 11 is 0. The fourth-order valence-corrected chi connectivity index (χ4v) is 2.37. The molecule has 1 aliphatic rings. The highest BCUT2D eigenvalue weighted by Crippen LogP contribution is 2.25. The Hall–Kier alpha value is -2.10. The molecule has 17 heavy (non-hydrogen) atoms. The molecule has 0 bridgehead atoms. The van der Waals surface area contributed by atoms with Crippen molar-refractivity contribution in [3.05, 3.63) is 41.6 Å². The van der Waals surface area contributed by atoms with Crippen molar-refractivity contribution in [1.29, 1.82) is 0 Å². The quantitative estimate of drug-likeness (QED) is 0.752. The maximum Gasteiger partial charge on any atom is 0.407 e. The lowest BCUT2D eigenvalue weighted by Gasteiger charge is -2.26. The van der Waals surface area contributed by atoms with Gasteiger partial charge < -0.3 is 10.0 Å². The number of hydrogen-bond acceptors (Lipinski definition) is 2. The van der Waals surface area contributed by atoms with E-state index >= 15 is 0 Å². The Balaban J connectivity index is 2.11. The Morgan fingerprint density at radius 3 is 3.00 bits per heavy atom. The number of benzene rings is 1. The van der Waals surface area contributed by atoms with Gasteiger partial charge in [-0.1, -0.05) is 18.2 Å². The van der Waals surface area contributed by atoms with Gasteiger partial charge in [0.1, 0.15) is 0 Å². The van der Waals surface area contributed by atoms with Crippen LogP contribution in [0.5, 0.6) is 0 Å². The Morgan fingerprint density at radius 1 is 1.35 bits per heavy atom. The van der Waals surface area contributed by atoms with Crippen LogP contribution in [-0.4, -0.2) is 27.6 Å². The molecule has 1 aromatic carbocycles. The van der Waals surface area contributed by atoms with E-state index in [1.54, 1.807) is 6.20 Å². The molecule has 0 fully saturated rings. The van der Waals surface area contributed by atoms with Crippen molar-refractivity contribution in [3.8, 4) is 0 Å². The molecule has 0 spiro atoms. The highest BCUT2D eigenvalue weighted by atomic mass is 16.4. The van der Waals surface area contributed by atoms with E-state index < -0.39 is 6.09 Å². The van der Waals surface area contributed by atoms with Crippen molar-refractivity contribution >= 4 is 17.0 Å². The standard InChI is InChI=1S/C13H12N2O2/c16-13(17)15-6-5-10-9(8-15)7-14-12-4-2-1-3-11(10)12/h1-4,7H,5-6,8H2,(H,16,17). The molecule has 0 radical (unpaired) electrons. The lowest BCUT2D eigenvalue weighted by molar-refractivity contribution is 0.140. The number of nitrogens with zero attached hydrogens (tertiary/aromatic N) is 2. The topological polar surface area (TPSA) is 53.4 Å². The van der Waals surface area contributed by atoms with E-state index in [9.17, 15) is 4.79 Å². The second-order valence-electron chi connectivity index (χ2n) is 4.23. The SMILES string of the molecule is O=C(O)N1CCc2c(cnc3ccccc23)C1. The number of amides is 1. The maximum absolute atomic E-state index is 10.9. The fourth-order valence-electron chi connectivity index (χ4n) is 2.37. The average Bonchev–Trinajstić information content (AvgIpc) is 2.38. The van der Waals surface area contributed by atoms with Gasteiger partial charge in [-0.25, -0.2) is 4.79 Å². The van der Waals surface area contributed by atoms with Crippen LogP contribution in [0.1, 0.15) is 11.1 Å². The molecule has 0 unspecified atom stereocenters.